The van der Waals surface area contributed by atoms with Crippen molar-refractivity contribution in [2.24, 2.45) is 0 Å². The number of fused-ring (bicyclic) bond motifs is 1. The van der Waals surface area contributed by atoms with E-state index in [1.807, 2.05) is 73.7 Å². The molecular weight excluding hydrogens is 462 g/mol. The minimum atomic E-state index is 0.556. The normalized spacial score (nSPS) is 12.0. The summed E-state index contributed by atoms with van der Waals surface area (Å²) < 4.78 is 22.4. The molecule has 0 aliphatic carbocycles. The zero-order valence-corrected chi connectivity index (χ0v) is 21.8. The Labute approximate surface area is 220 Å². The van der Waals surface area contributed by atoms with Crippen molar-refractivity contribution in [3.63, 3.8) is 0 Å². The Morgan fingerprint density at radius 2 is 1.19 bits per heavy atom. The van der Waals surface area contributed by atoms with Crippen LogP contribution in [0.1, 0.15) is 27.8 Å². The first-order valence-corrected chi connectivity index (χ1v) is 12.5. The zero-order chi connectivity index (χ0) is 25.9. The molecule has 0 amide bonds. The van der Waals surface area contributed by atoms with Crippen molar-refractivity contribution in [1.82, 2.24) is 5.32 Å². The van der Waals surface area contributed by atoms with E-state index >= 15 is 0 Å². The van der Waals surface area contributed by atoms with E-state index in [4.69, 9.17) is 18.9 Å². The fraction of sp³-hybridized carbons (Fsp3) is 0.250. The summed E-state index contributed by atoms with van der Waals surface area (Å²) in [5.41, 5.74) is 6.13. The van der Waals surface area contributed by atoms with Crippen LogP contribution in [0.2, 0.25) is 0 Å². The van der Waals surface area contributed by atoms with E-state index in [2.05, 4.69) is 29.6 Å². The highest BCUT2D eigenvalue weighted by Gasteiger charge is 2.14. The Bertz CT molecular complexity index is 1260. The first-order chi connectivity index (χ1) is 18.2. The van der Waals surface area contributed by atoms with Gasteiger partial charge in [0.25, 0.3) is 0 Å². The molecule has 1 aliphatic rings. The van der Waals surface area contributed by atoms with Crippen LogP contribution in [0.5, 0.6) is 23.0 Å². The molecule has 0 saturated carbocycles. The minimum Gasteiger partial charge on any atom is -0.493 e. The first kappa shape index (κ1) is 26.1. The Morgan fingerprint density at radius 3 is 1.81 bits per heavy atom. The number of nitrogens with one attached hydrogen (secondary N) is 1. The molecule has 37 heavy (non-hydrogen) atoms. The highest BCUT2D eigenvalue weighted by molar-refractivity contribution is 5.48. The number of methoxy groups -OCH3 is 2. The molecule has 1 N–H and O–H groups in total. The lowest BCUT2D eigenvalue weighted by molar-refractivity contribution is 0.283. The fourth-order valence-electron chi connectivity index (χ4n) is 4.12. The van der Waals surface area contributed by atoms with Gasteiger partial charge in [-0.05, 0) is 72.0 Å². The van der Waals surface area contributed by atoms with Crippen molar-refractivity contribution in [2.75, 3.05) is 20.8 Å². The second-order valence-corrected chi connectivity index (χ2v) is 8.90. The monoisotopic (exact) mass is 497 g/mol. The van der Waals surface area contributed by atoms with Gasteiger partial charge in [-0.2, -0.15) is 0 Å². The lowest BCUT2D eigenvalue weighted by Crippen LogP contribution is -2.23. The van der Waals surface area contributed by atoms with E-state index in [1.54, 1.807) is 14.2 Å². The number of ether oxygens (including phenoxy) is 4. The summed E-state index contributed by atoms with van der Waals surface area (Å²) in [6.07, 6.45) is 1.05. The van der Waals surface area contributed by atoms with Crippen molar-refractivity contribution < 1.29 is 18.9 Å². The van der Waals surface area contributed by atoms with Gasteiger partial charge in [0.1, 0.15) is 13.2 Å². The molecule has 0 spiro atoms. The Balaban J connectivity index is 0.000000176. The average molecular weight is 498 g/mol. The second kappa shape index (κ2) is 13.4. The maximum absolute atomic E-state index is 5.93. The summed E-state index contributed by atoms with van der Waals surface area (Å²) >= 11 is 0. The van der Waals surface area contributed by atoms with Crippen molar-refractivity contribution in [3.8, 4) is 23.0 Å². The molecule has 0 saturated heterocycles. The molecule has 1 aliphatic heterocycles. The molecule has 5 nitrogen and oxygen atoms in total. The highest BCUT2D eigenvalue weighted by atomic mass is 16.5. The topological polar surface area (TPSA) is 49.0 Å². The van der Waals surface area contributed by atoms with Crippen LogP contribution in [-0.4, -0.2) is 20.8 Å². The van der Waals surface area contributed by atoms with Crippen molar-refractivity contribution in [1.29, 1.82) is 0 Å². The van der Waals surface area contributed by atoms with Crippen LogP contribution in [0.4, 0.5) is 0 Å². The standard InChI is InChI=1S/C17H19NO2.C15H16O2/c1-19-16-9-14-7-8-18-11-15(14)10-17(16)20-12-13-5-3-2-4-6-13;1-12-8-9-14(15(10-12)16-2)17-11-13-6-4-3-5-7-13/h2-6,9-10,18H,7-8,11-12H2,1H3;3-10H,11H2,1-2H3. The Morgan fingerprint density at radius 1 is 0.622 bits per heavy atom. The molecule has 0 fully saturated rings. The summed E-state index contributed by atoms with van der Waals surface area (Å²) in [5.74, 6) is 3.20. The molecule has 5 heteroatoms. The van der Waals surface area contributed by atoms with Crippen LogP contribution in [0.25, 0.3) is 0 Å². The molecule has 4 aromatic rings. The van der Waals surface area contributed by atoms with Crippen molar-refractivity contribution in [3.05, 3.63) is 119 Å². The van der Waals surface area contributed by atoms with Gasteiger partial charge in [-0.3, -0.25) is 0 Å². The maximum atomic E-state index is 5.93. The van der Waals surface area contributed by atoms with E-state index < -0.39 is 0 Å². The molecule has 0 bridgehead atoms. The third-order valence-electron chi connectivity index (χ3n) is 6.17. The van der Waals surface area contributed by atoms with E-state index in [0.717, 1.165) is 59.2 Å². The second-order valence-electron chi connectivity index (χ2n) is 8.90. The number of aryl methyl sites for hydroxylation is 1. The summed E-state index contributed by atoms with van der Waals surface area (Å²) in [7, 11) is 3.35. The molecule has 5 rings (SSSR count). The summed E-state index contributed by atoms with van der Waals surface area (Å²) in [6, 6.07) is 30.4. The zero-order valence-electron chi connectivity index (χ0n) is 21.8. The van der Waals surface area contributed by atoms with Gasteiger partial charge in [0, 0.05) is 6.54 Å². The molecule has 0 unspecified atom stereocenters. The van der Waals surface area contributed by atoms with E-state index in [0.29, 0.717) is 13.2 Å². The van der Waals surface area contributed by atoms with Gasteiger partial charge in [-0.25, -0.2) is 0 Å². The lowest BCUT2D eigenvalue weighted by atomic mass is 10.0. The SMILES string of the molecule is COc1cc(C)ccc1OCc1ccccc1.COc1cc2c(cc1OCc1ccccc1)CNCC2. The highest BCUT2D eigenvalue weighted by Crippen LogP contribution is 2.33. The van der Waals surface area contributed by atoms with Crippen LogP contribution < -0.4 is 24.3 Å². The Hall–Kier alpha value is -3.96. The predicted molar refractivity (Wildman–Crippen MR) is 148 cm³/mol. The van der Waals surface area contributed by atoms with Crippen LogP contribution in [-0.2, 0) is 26.2 Å². The lowest BCUT2D eigenvalue weighted by Gasteiger charge is -2.20. The largest absolute Gasteiger partial charge is 0.493 e. The van der Waals surface area contributed by atoms with Crippen LogP contribution in [0.3, 0.4) is 0 Å². The number of hydrogen-bond donors (Lipinski definition) is 1. The van der Waals surface area contributed by atoms with E-state index in [-0.39, 0.29) is 0 Å². The number of rotatable bonds is 8. The van der Waals surface area contributed by atoms with Gasteiger partial charge in [0.05, 0.1) is 14.2 Å². The molecule has 192 valence electrons. The summed E-state index contributed by atoms with van der Waals surface area (Å²) in [5, 5.41) is 3.38. The first-order valence-electron chi connectivity index (χ1n) is 12.5. The summed E-state index contributed by atoms with van der Waals surface area (Å²) in [6.45, 7) is 5.08. The van der Waals surface area contributed by atoms with Gasteiger partial charge in [-0.15, -0.1) is 0 Å². The predicted octanol–water partition coefficient (Wildman–Crippen LogP) is 6.50. The molecular formula is C32H35NO4. The van der Waals surface area contributed by atoms with Gasteiger partial charge in [0.15, 0.2) is 23.0 Å². The third kappa shape index (κ3) is 7.51. The molecule has 1 heterocycles. The molecule has 0 radical (unpaired) electrons. The quantitative estimate of drug-likeness (QED) is 0.301. The third-order valence-corrected chi connectivity index (χ3v) is 6.17. The van der Waals surface area contributed by atoms with Crippen LogP contribution in [0, 0.1) is 6.92 Å². The fourth-order valence-corrected chi connectivity index (χ4v) is 4.12. The maximum Gasteiger partial charge on any atom is 0.162 e. The van der Waals surface area contributed by atoms with Crippen LogP contribution >= 0.6 is 0 Å². The van der Waals surface area contributed by atoms with E-state index in [9.17, 15) is 0 Å². The molecule has 0 aromatic heterocycles. The van der Waals surface area contributed by atoms with Gasteiger partial charge >= 0.3 is 0 Å². The van der Waals surface area contributed by atoms with Crippen LogP contribution in [0.15, 0.2) is 91.0 Å². The minimum absolute atomic E-state index is 0.556. The Kier molecular flexibility index (Phi) is 9.44. The van der Waals surface area contributed by atoms with Crippen molar-refractivity contribution in [2.45, 2.75) is 33.1 Å². The van der Waals surface area contributed by atoms with Gasteiger partial charge in [-0.1, -0.05) is 66.7 Å². The van der Waals surface area contributed by atoms with Gasteiger partial charge < -0.3 is 24.3 Å². The number of hydrogen-bond acceptors (Lipinski definition) is 5. The van der Waals surface area contributed by atoms with Gasteiger partial charge in [0.2, 0.25) is 0 Å². The summed E-state index contributed by atoms with van der Waals surface area (Å²) in [4.78, 5) is 0. The molecule has 4 aromatic carbocycles. The molecule has 0 atom stereocenters. The average Bonchev–Trinajstić information content (AvgIpc) is 2.96. The van der Waals surface area contributed by atoms with Crippen molar-refractivity contribution >= 4 is 0 Å². The smallest absolute Gasteiger partial charge is 0.162 e. The van der Waals surface area contributed by atoms with E-state index in [1.165, 1.54) is 11.1 Å². The number of benzene rings is 4.